The van der Waals surface area contributed by atoms with Crippen LogP contribution >= 0.6 is 11.6 Å². The molecule has 0 aliphatic heterocycles. The van der Waals surface area contributed by atoms with Crippen molar-refractivity contribution in [3.8, 4) is 23.1 Å². The van der Waals surface area contributed by atoms with Crippen LogP contribution in [0.3, 0.4) is 0 Å². The van der Waals surface area contributed by atoms with Gasteiger partial charge in [0.05, 0.1) is 30.3 Å². The molecule has 7 nitrogen and oxygen atoms in total. The number of benzene rings is 3. The molecule has 5 aromatic rings. The zero-order valence-corrected chi connectivity index (χ0v) is 20.0. The number of fused-ring (bicyclic) bond motifs is 2. The second-order valence-corrected chi connectivity index (χ2v) is 8.11. The van der Waals surface area contributed by atoms with Crippen molar-refractivity contribution in [3.63, 3.8) is 0 Å². The van der Waals surface area contributed by atoms with Gasteiger partial charge in [0.15, 0.2) is 5.76 Å². The van der Waals surface area contributed by atoms with Gasteiger partial charge in [-0.3, -0.25) is 4.79 Å². The van der Waals surface area contributed by atoms with Crippen LogP contribution in [0.15, 0.2) is 81.0 Å². The minimum absolute atomic E-state index is 0.279. The molecule has 0 aliphatic carbocycles. The van der Waals surface area contributed by atoms with E-state index in [0.717, 1.165) is 5.39 Å². The van der Waals surface area contributed by atoms with Gasteiger partial charge in [-0.25, -0.2) is 4.98 Å². The summed E-state index contributed by atoms with van der Waals surface area (Å²) in [6.07, 6.45) is 1.57. The van der Waals surface area contributed by atoms with E-state index in [0.29, 0.717) is 57.5 Å². The fourth-order valence-electron chi connectivity index (χ4n) is 3.79. The van der Waals surface area contributed by atoms with Gasteiger partial charge in [-0.15, -0.1) is 0 Å². The molecular weight excluding hydrogens is 466 g/mol. The summed E-state index contributed by atoms with van der Waals surface area (Å²) in [5.74, 6) is 1.98. The van der Waals surface area contributed by atoms with Gasteiger partial charge in [-0.05, 0) is 62.4 Å². The molecule has 5 rings (SSSR count). The van der Waals surface area contributed by atoms with Crippen LogP contribution in [-0.4, -0.2) is 29.1 Å². The number of rotatable bonds is 7. The molecule has 176 valence electrons. The van der Waals surface area contributed by atoms with Crippen molar-refractivity contribution in [1.29, 1.82) is 0 Å². The second-order valence-electron chi connectivity index (χ2n) is 7.67. The van der Waals surface area contributed by atoms with Gasteiger partial charge in [0.25, 0.3) is 5.56 Å². The van der Waals surface area contributed by atoms with Crippen molar-refractivity contribution in [2.75, 3.05) is 13.2 Å². The lowest BCUT2D eigenvalue weighted by Crippen LogP contribution is -2.20. The SMILES string of the molecule is CCOc1ccc(C=Nn2c(-c3cc4cc(Cl)ccc4o3)nc3ccccc3c2=O)c(OCC)c1. The Hall–Kier alpha value is -4.10. The molecule has 2 aromatic heterocycles. The first-order valence-corrected chi connectivity index (χ1v) is 11.6. The number of para-hydroxylation sites is 1. The average molecular weight is 488 g/mol. The molecule has 0 spiro atoms. The van der Waals surface area contributed by atoms with Gasteiger partial charge in [-0.1, -0.05) is 23.7 Å². The van der Waals surface area contributed by atoms with E-state index in [1.165, 1.54) is 4.68 Å². The highest BCUT2D eigenvalue weighted by atomic mass is 35.5. The molecule has 0 fully saturated rings. The lowest BCUT2D eigenvalue weighted by Gasteiger charge is -2.11. The molecule has 0 amide bonds. The highest BCUT2D eigenvalue weighted by Gasteiger charge is 2.17. The van der Waals surface area contributed by atoms with Gasteiger partial charge < -0.3 is 13.9 Å². The van der Waals surface area contributed by atoms with E-state index < -0.39 is 0 Å². The molecule has 8 heteroatoms. The Kier molecular flexibility index (Phi) is 6.25. The van der Waals surface area contributed by atoms with Crippen LogP contribution in [-0.2, 0) is 0 Å². The molecule has 0 N–H and O–H groups in total. The Bertz CT molecular complexity index is 1620. The van der Waals surface area contributed by atoms with Gasteiger partial charge in [0.2, 0.25) is 5.82 Å². The zero-order valence-electron chi connectivity index (χ0n) is 19.2. The smallest absolute Gasteiger partial charge is 0.282 e. The highest BCUT2D eigenvalue weighted by molar-refractivity contribution is 6.31. The normalized spacial score (nSPS) is 11.5. The van der Waals surface area contributed by atoms with Gasteiger partial charge >= 0.3 is 0 Å². The molecule has 0 saturated heterocycles. The standard InChI is InChI=1S/C27H22ClN3O4/c1-3-33-20-11-9-17(24(15-20)34-4-2)16-29-31-26(30-22-8-6-5-7-21(22)27(31)32)25-14-18-13-19(28)10-12-23(18)35-25/h5-16H,3-4H2,1-2H3. The average Bonchev–Trinajstić information content (AvgIpc) is 3.28. The van der Waals surface area contributed by atoms with E-state index >= 15 is 0 Å². The summed E-state index contributed by atoms with van der Waals surface area (Å²) in [4.78, 5) is 18.2. The first-order chi connectivity index (χ1) is 17.1. The lowest BCUT2D eigenvalue weighted by atomic mass is 10.2. The molecule has 0 radical (unpaired) electrons. The van der Waals surface area contributed by atoms with Crippen LogP contribution in [0.2, 0.25) is 5.02 Å². The summed E-state index contributed by atoms with van der Waals surface area (Å²) in [6.45, 7) is 4.84. The molecule has 3 aromatic carbocycles. The van der Waals surface area contributed by atoms with Crippen LogP contribution in [0.5, 0.6) is 11.5 Å². The number of hydrogen-bond donors (Lipinski definition) is 0. The Morgan fingerprint density at radius 1 is 1.03 bits per heavy atom. The van der Waals surface area contributed by atoms with Gasteiger partial charge in [0, 0.05) is 22.0 Å². The minimum atomic E-state index is -0.316. The molecular formula is C27H22ClN3O4. The summed E-state index contributed by atoms with van der Waals surface area (Å²) in [5, 5.41) is 6.36. The Balaban J connectivity index is 1.67. The van der Waals surface area contributed by atoms with Gasteiger partial charge in [-0.2, -0.15) is 9.78 Å². The maximum absolute atomic E-state index is 13.5. The summed E-state index contributed by atoms with van der Waals surface area (Å²) in [6, 6.07) is 19.7. The number of aromatic nitrogens is 2. The molecule has 2 heterocycles. The van der Waals surface area contributed by atoms with Crippen LogP contribution in [0.1, 0.15) is 19.4 Å². The van der Waals surface area contributed by atoms with Crippen molar-refractivity contribution in [3.05, 3.63) is 87.7 Å². The zero-order chi connectivity index (χ0) is 24.4. The van der Waals surface area contributed by atoms with Crippen molar-refractivity contribution in [2.24, 2.45) is 5.10 Å². The van der Waals surface area contributed by atoms with Crippen LogP contribution in [0.25, 0.3) is 33.5 Å². The number of nitrogens with zero attached hydrogens (tertiary/aromatic N) is 3. The molecule has 0 unspecified atom stereocenters. The first kappa shape index (κ1) is 22.7. The van der Waals surface area contributed by atoms with E-state index in [1.54, 1.807) is 54.7 Å². The summed E-state index contributed by atoms with van der Waals surface area (Å²) in [5.41, 5.74) is 1.56. The Morgan fingerprint density at radius 2 is 1.86 bits per heavy atom. The quantitative estimate of drug-likeness (QED) is 0.257. The third-order valence-corrected chi connectivity index (χ3v) is 5.60. The molecule has 0 aliphatic rings. The molecule has 0 atom stereocenters. The summed E-state index contributed by atoms with van der Waals surface area (Å²) in [7, 11) is 0. The van der Waals surface area contributed by atoms with Crippen LogP contribution < -0.4 is 15.0 Å². The number of hydrogen-bond acceptors (Lipinski definition) is 6. The third-order valence-electron chi connectivity index (χ3n) is 5.36. The molecule has 0 saturated carbocycles. The number of furan rings is 1. The maximum Gasteiger partial charge on any atom is 0.282 e. The number of halogens is 1. The topological polar surface area (TPSA) is 78.9 Å². The maximum atomic E-state index is 13.5. The lowest BCUT2D eigenvalue weighted by molar-refractivity contribution is 0.323. The summed E-state index contributed by atoms with van der Waals surface area (Å²) < 4.78 is 18.6. The van der Waals surface area contributed by atoms with Gasteiger partial charge in [0.1, 0.15) is 17.1 Å². The highest BCUT2D eigenvalue weighted by Crippen LogP contribution is 2.29. The fourth-order valence-corrected chi connectivity index (χ4v) is 3.97. The fraction of sp³-hybridized carbons (Fsp3) is 0.148. The first-order valence-electron chi connectivity index (χ1n) is 11.2. The van der Waals surface area contributed by atoms with E-state index in [1.807, 2.05) is 32.0 Å². The van der Waals surface area contributed by atoms with E-state index in [2.05, 4.69) is 5.10 Å². The van der Waals surface area contributed by atoms with E-state index in [9.17, 15) is 4.79 Å². The Morgan fingerprint density at radius 3 is 2.69 bits per heavy atom. The van der Waals surface area contributed by atoms with Crippen molar-refractivity contribution >= 4 is 39.7 Å². The van der Waals surface area contributed by atoms with Crippen molar-refractivity contribution < 1.29 is 13.9 Å². The Labute approximate surface area is 206 Å². The van der Waals surface area contributed by atoms with E-state index in [4.69, 9.17) is 30.5 Å². The largest absolute Gasteiger partial charge is 0.494 e. The van der Waals surface area contributed by atoms with E-state index in [-0.39, 0.29) is 11.4 Å². The van der Waals surface area contributed by atoms with Crippen LogP contribution in [0, 0.1) is 0 Å². The second kappa shape index (κ2) is 9.64. The van der Waals surface area contributed by atoms with Crippen molar-refractivity contribution in [1.82, 2.24) is 9.66 Å². The minimum Gasteiger partial charge on any atom is -0.494 e. The molecule has 35 heavy (non-hydrogen) atoms. The predicted octanol–water partition coefficient (Wildman–Crippen LogP) is 6.14. The third kappa shape index (κ3) is 4.50. The van der Waals surface area contributed by atoms with Crippen molar-refractivity contribution in [2.45, 2.75) is 13.8 Å². The van der Waals surface area contributed by atoms with Crippen LogP contribution in [0.4, 0.5) is 0 Å². The summed E-state index contributed by atoms with van der Waals surface area (Å²) >= 11 is 6.14. The predicted molar refractivity (Wildman–Crippen MR) is 138 cm³/mol. The number of ether oxygens (including phenoxy) is 2. The monoisotopic (exact) mass is 487 g/mol. The molecule has 0 bridgehead atoms.